The van der Waals surface area contributed by atoms with E-state index in [2.05, 4.69) is 18.8 Å². The summed E-state index contributed by atoms with van der Waals surface area (Å²) in [6.07, 6.45) is 4.52. The third kappa shape index (κ3) is 0.972. The Bertz CT molecular complexity index is 74.5. The predicted molar refractivity (Wildman–Crippen MR) is 33.8 cm³/mol. The monoisotopic (exact) mass is 112 g/mol. The second-order valence-electron chi connectivity index (χ2n) is 2.45. The molecule has 8 heavy (non-hydrogen) atoms. The van der Waals surface area contributed by atoms with Gasteiger partial charge >= 0.3 is 0 Å². The fourth-order valence-electron chi connectivity index (χ4n) is 0.810. The van der Waals surface area contributed by atoms with Crippen LogP contribution in [-0.2, 0) is 0 Å². The van der Waals surface area contributed by atoms with E-state index in [0.717, 1.165) is 6.61 Å². The Labute approximate surface area is 51.0 Å². The maximum absolute atomic E-state index is 3.82. The lowest BCUT2D eigenvalue weighted by molar-refractivity contribution is 0.0267. The van der Waals surface area contributed by atoms with Crippen LogP contribution in [0.15, 0.2) is 0 Å². The first-order valence-corrected chi connectivity index (χ1v) is 2.89. The number of hydrogen-bond donors (Lipinski definition) is 0. The van der Waals surface area contributed by atoms with E-state index in [9.17, 15) is 0 Å². The molecule has 0 aromatic carbocycles. The minimum atomic E-state index is 0.377. The molecule has 1 saturated carbocycles. The van der Waals surface area contributed by atoms with Gasteiger partial charge < -0.3 is 4.74 Å². The molecule has 0 aliphatic heterocycles. The molecule has 1 fully saturated rings. The van der Waals surface area contributed by atoms with Crippen molar-refractivity contribution in [1.29, 1.82) is 0 Å². The molecule has 0 aromatic heterocycles. The molecule has 1 nitrogen and oxygen atoms in total. The van der Waals surface area contributed by atoms with Gasteiger partial charge in [-0.1, -0.05) is 13.5 Å². The standard InChI is InChI=1S/C7H12O/c1-3-7(4-5-7)6-8-2/h3,8H,1-2,4-6H2. The molecule has 46 valence electrons. The summed E-state index contributed by atoms with van der Waals surface area (Å²) < 4.78 is 3.82. The van der Waals surface area contributed by atoms with Crippen LogP contribution in [0.3, 0.4) is 0 Å². The summed E-state index contributed by atoms with van der Waals surface area (Å²) in [7, 11) is 3.44. The van der Waals surface area contributed by atoms with Crippen molar-refractivity contribution < 1.29 is 4.74 Å². The Balaban J connectivity index is 2.20. The Morgan fingerprint density at radius 2 is 2.25 bits per heavy atom. The zero-order valence-corrected chi connectivity index (χ0v) is 5.06. The van der Waals surface area contributed by atoms with Crippen molar-refractivity contribution in [2.75, 3.05) is 6.61 Å². The average molecular weight is 112 g/mol. The van der Waals surface area contributed by atoms with Crippen molar-refractivity contribution in [3.05, 3.63) is 20.5 Å². The van der Waals surface area contributed by atoms with Crippen LogP contribution < -0.4 is 0 Å². The SMILES string of the molecule is [CH2-][CH+]C1(C[OH+][CH2-])CC1. The highest BCUT2D eigenvalue weighted by atomic mass is 16.5. The normalized spacial score (nSPS) is 22.8. The van der Waals surface area contributed by atoms with Gasteiger partial charge in [0, 0.05) is 12.8 Å². The minimum absolute atomic E-state index is 0.377. The van der Waals surface area contributed by atoms with Gasteiger partial charge in [-0.15, -0.1) is 6.92 Å². The van der Waals surface area contributed by atoms with E-state index in [1.165, 1.54) is 12.8 Å². The Morgan fingerprint density at radius 3 is 2.38 bits per heavy atom. The van der Waals surface area contributed by atoms with Crippen LogP contribution in [0.25, 0.3) is 0 Å². The molecule has 0 radical (unpaired) electrons. The summed E-state index contributed by atoms with van der Waals surface area (Å²) in [5.74, 6) is 0. The smallest absolute Gasteiger partial charge is 0.163 e. The zero-order valence-electron chi connectivity index (χ0n) is 5.06. The van der Waals surface area contributed by atoms with Gasteiger partial charge in [0.25, 0.3) is 0 Å². The lowest BCUT2D eigenvalue weighted by Crippen LogP contribution is -2.09. The summed E-state index contributed by atoms with van der Waals surface area (Å²) in [5, 5.41) is 0. The van der Waals surface area contributed by atoms with Crippen LogP contribution in [0.1, 0.15) is 12.8 Å². The van der Waals surface area contributed by atoms with E-state index in [0.29, 0.717) is 5.41 Å². The summed E-state index contributed by atoms with van der Waals surface area (Å²) in [6.45, 7) is 4.60. The number of rotatable bonds is 3. The van der Waals surface area contributed by atoms with E-state index in [-0.39, 0.29) is 0 Å². The van der Waals surface area contributed by atoms with E-state index in [4.69, 9.17) is 0 Å². The first kappa shape index (κ1) is 5.96. The third-order valence-corrected chi connectivity index (χ3v) is 1.75. The average Bonchev–Trinajstić information content (AvgIpc) is 2.50. The van der Waals surface area contributed by atoms with Gasteiger partial charge in [0.2, 0.25) is 0 Å². The third-order valence-electron chi connectivity index (χ3n) is 1.75. The molecule has 1 N–H and O–H groups in total. The molecule has 0 atom stereocenters. The fourth-order valence-corrected chi connectivity index (χ4v) is 0.810. The summed E-state index contributed by atoms with van der Waals surface area (Å²) >= 11 is 0. The molecule has 0 unspecified atom stereocenters. The summed E-state index contributed by atoms with van der Waals surface area (Å²) in [4.78, 5) is 0. The molecule has 0 aromatic rings. The Kier molecular flexibility index (Phi) is 1.47. The molecule has 0 amide bonds. The van der Waals surface area contributed by atoms with Gasteiger partial charge in [-0.25, -0.2) is 0 Å². The maximum Gasteiger partial charge on any atom is 0.163 e. The first-order chi connectivity index (χ1) is 3.83. The number of hydrogen-bond acceptors (Lipinski definition) is 0. The second kappa shape index (κ2) is 1.98. The lowest BCUT2D eigenvalue weighted by Gasteiger charge is -2.05. The first-order valence-electron chi connectivity index (χ1n) is 2.89. The van der Waals surface area contributed by atoms with Gasteiger partial charge in [-0.2, -0.15) is 0 Å². The van der Waals surface area contributed by atoms with Crippen molar-refractivity contribution >= 4 is 0 Å². The van der Waals surface area contributed by atoms with Crippen molar-refractivity contribution in [1.82, 2.24) is 0 Å². The van der Waals surface area contributed by atoms with Crippen LogP contribution >= 0.6 is 0 Å². The molecule has 0 saturated heterocycles. The Hall–Kier alpha value is -0.170. The molecule has 1 rings (SSSR count). The molecule has 1 aliphatic rings. The van der Waals surface area contributed by atoms with Gasteiger partial charge in [0.05, 0.1) is 0 Å². The molecular formula is C7H12O. The lowest BCUT2D eigenvalue weighted by atomic mass is 10.1. The molecule has 1 aliphatic carbocycles. The van der Waals surface area contributed by atoms with E-state index in [1.807, 2.05) is 6.42 Å². The summed E-state index contributed by atoms with van der Waals surface area (Å²) in [5.41, 5.74) is 0.377. The highest BCUT2D eigenvalue weighted by molar-refractivity contribution is 5.04. The van der Waals surface area contributed by atoms with Gasteiger partial charge in [-0.05, 0) is 0 Å². The van der Waals surface area contributed by atoms with Crippen molar-refractivity contribution in [2.45, 2.75) is 12.8 Å². The van der Waals surface area contributed by atoms with Crippen LogP contribution in [0.4, 0.5) is 0 Å². The molecule has 1 heteroatoms. The highest BCUT2D eigenvalue weighted by Gasteiger charge is 2.48. The van der Waals surface area contributed by atoms with Crippen molar-refractivity contribution in [3.8, 4) is 0 Å². The number of aliphatic hydroxyl groups is 2. The van der Waals surface area contributed by atoms with Crippen molar-refractivity contribution in [3.63, 3.8) is 0 Å². The molecule has 0 heterocycles. The van der Waals surface area contributed by atoms with E-state index < -0.39 is 0 Å². The van der Waals surface area contributed by atoms with E-state index in [1.54, 1.807) is 0 Å². The fraction of sp³-hybridized carbons (Fsp3) is 0.571. The number of ether oxygens (including phenoxy) is 1. The minimum Gasteiger partial charge on any atom is -0.578 e. The van der Waals surface area contributed by atoms with Gasteiger partial charge in [0.15, 0.2) is 6.61 Å². The quantitative estimate of drug-likeness (QED) is 0.383. The van der Waals surface area contributed by atoms with Gasteiger partial charge in [0.1, 0.15) is 5.41 Å². The zero-order chi connectivity index (χ0) is 6.04. The summed E-state index contributed by atoms with van der Waals surface area (Å²) in [6, 6.07) is 0. The Morgan fingerprint density at radius 1 is 1.62 bits per heavy atom. The van der Waals surface area contributed by atoms with Crippen LogP contribution in [0.5, 0.6) is 0 Å². The van der Waals surface area contributed by atoms with Crippen LogP contribution in [0.2, 0.25) is 0 Å². The van der Waals surface area contributed by atoms with Crippen LogP contribution in [0, 0.1) is 25.9 Å². The molecule has 0 bridgehead atoms. The largest absolute Gasteiger partial charge is 0.578 e. The highest BCUT2D eigenvalue weighted by Crippen LogP contribution is 2.47. The van der Waals surface area contributed by atoms with Crippen molar-refractivity contribution in [2.24, 2.45) is 5.41 Å². The van der Waals surface area contributed by atoms with Crippen LogP contribution in [-0.4, -0.2) is 11.3 Å². The van der Waals surface area contributed by atoms with E-state index >= 15 is 0 Å². The maximum atomic E-state index is 3.82. The topological polar surface area (TPSA) is 12.8 Å². The molecule has 0 spiro atoms. The van der Waals surface area contributed by atoms with Gasteiger partial charge in [-0.3, -0.25) is 0 Å². The predicted octanol–water partition coefficient (Wildman–Crippen LogP) is 1.12. The molecular weight excluding hydrogens is 100 g/mol. The second-order valence-corrected chi connectivity index (χ2v) is 2.45.